The van der Waals surface area contributed by atoms with Crippen LogP contribution in [-0.4, -0.2) is 56.0 Å². The van der Waals surface area contributed by atoms with E-state index in [1.54, 1.807) is 25.3 Å². The average molecular weight is 334 g/mol. The molecule has 0 aromatic heterocycles. The van der Waals surface area contributed by atoms with Crippen LogP contribution in [0.15, 0.2) is 18.2 Å². The van der Waals surface area contributed by atoms with Crippen LogP contribution in [0.2, 0.25) is 0 Å². The van der Waals surface area contributed by atoms with Gasteiger partial charge in [0.05, 0.1) is 13.7 Å². The lowest BCUT2D eigenvalue weighted by molar-refractivity contribution is -0.132. The molecule has 1 aliphatic heterocycles. The maximum absolute atomic E-state index is 12.2. The summed E-state index contributed by atoms with van der Waals surface area (Å²) in [6.45, 7) is 6.41. The number of amides is 1. The van der Waals surface area contributed by atoms with Gasteiger partial charge >= 0.3 is 0 Å². The third-order valence-electron chi connectivity index (χ3n) is 4.08. The van der Waals surface area contributed by atoms with E-state index in [0.717, 1.165) is 19.6 Å². The fraction of sp³-hybridized carbons (Fsp3) is 0.556. The third-order valence-corrected chi connectivity index (χ3v) is 4.08. The summed E-state index contributed by atoms with van der Waals surface area (Å²) in [7, 11) is 1.54. The van der Waals surface area contributed by atoms with Crippen molar-refractivity contribution >= 4 is 11.7 Å². The maximum Gasteiger partial charge on any atom is 0.222 e. The van der Waals surface area contributed by atoms with Crippen molar-refractivity contribution in [1.29, 1.82) is 0 Å². The molecule has 1 aromatic carbocycles. The van der Waals surface area contributed by atoms with Crippen LogP contribution in [0.1, 0.15) is 37.0 Å². The van der Waals surface area contributed by atoms with E-state index in [9.17, 15) is 9.59 Å². The van der Waals surface area contributed by atoms with E-state index in [1.807, 2.05) is 4.90 Å². The molecule has 6 heteroatoms. The van der Waals surface area contributed by atoms with Crippen LogP contribution in [-0.2, 0) is 4.79 Å². The smallest absolute Gasteiger partial charge is 0.222 e. The fourth-order valence-corrected chi connectivity index (χ4v) is 2.73. The quantitative estimate of drug-likeness (QED) is 0.609. The first-order valence-corrected chi connectivity index (χ1v) is 8.34. The molecule has 24 heavy (non-hydrogen) atoms. The summed E-state index contributed by atoms with van der Waals surface area (Å²) in [4.78, 5) is 25.5. The number of hydrogen-bond donors (Lipinski definition) is 1. The summed E-state index contributed by atoms with van der Waals surface area (Å²) in [5.74, 6) is 1.28. The highest BCUT2D eigenvalue weighted by atomic mass is 16.5. The molecule has 0 saturated carbocycles. The van der Waals surface area contributed by atoms with Crippen molar-refractivity contribution in [3.63, 3.8) is 0 Å². The zero-order chi connectivity index (χ0) is 17.5. The largest absolute Gasteiger partial charge is 0.493 e. The van der Waals surface area contributed by atoms with Gasteiger partial charge < -0.3 is 19.7 Å². The number of nitrogens with one attached hydrogen (secondary N) is 1. The predicted molar refractivity (Wildman–Crippen MR) is 91.8 cm³/mol. The van der Waals surface area contributed by atoms with Crippen molar-refractivity contribution < 1.29 is 19.1 Å². The van der Waals surface area contributed by atoms with Gasteiger partial charge in [-0.05, 0) is 38.5 Å². The van der Waals surface area contributed by atoms with E-state index in [1.165, 1.54) is 6.92 Å². The van der Waals surface area contributed by atoms with Crippen LogP contribution < -0.4 is 14.8 Å². The van der Waals surface area contributed by atoms with Gasteiger partial charge in [0.1, 0.15) is 0 Å². The zero-order valence-corrected chi connectivity index (χ0v) is 14.6. The van der Waals surface area contributed by atoms with Crippen LogP contribution in [0.3, 0.4) is 0 Å². The second kappa shape index (κ2) is 8.68. The number of piperazine rings is 1. The maximum atomic E-state index is 12.2. The van der Waals surface area contributed by atoms with Crippen molar-refractivity contribution in [1.82, 2.24) is 10.2 Å². The normalized spacial score (nSPS) is 17.5. The minimum Gasteiger partial charge on any atom is -0.493 e. The standard InChI is InChI=1S/C18H26N2O4/c1-13-12-20(9-8-19-13)18(22)5-4-10-24-16-7-6-15(14(2)21)11-17(16)23-3/h6-7,11,13,19H,4-5,8-10,12H2,1-3H3. The minimum atomic E-state index is -0.0179. The average Bonchev–Trinajstić information content (AvgIpc) is 2.58. The molecule has 1 aliphatic rings. The molecule has 6 nitrogen and oxygen atoms in total. The number of methoxy groups -OCH3 is 1. The number of hydrogen-bond acceptors (Lipinski definition) is 5. The Morgan fingerprint density at radius 1 is 1.33 bits per heavy atom. The summed E-state index contributed by atoms with van der Waals surface area (Å²) < 4.78 is 11.0. The van der Waals surface area contributed by atoms with Crippen LogP contribution >= 0.6 is 0 Å². The van der Waals surface area contributed by atoms with Gasteiger partial charge in [0, 0.05) is 37.7 Å². The van der Waals surface area contributed by atoms with E-state index in [4.69, 9.17) is 9.47 Å². The van der Waals surface area contributed by atoms with Crippen LogP contribution in [0.5, 0.6) is 11.5 Å². The van der Waals surface area contributed by atoms with Gasteiger partial charge in [-0.1, -0.05) is 0 Å². The molecule has 0 radical (unpaired) electrons. The molecular weight excluding hydrogens is 308 g/mol. The van der Waals surface area contributed by atoms with E-state index in [2.05, 4.69) is 12.2 Å². The summed E-state index contributed by atoms with van der Waals surface area (Å²) >= 11 is 0. The molecule has 1 fully saturated rings. The Labute approximate surface area is 143 Å². The second-order valence-corrected chi connectivity index (χ2v) is 6.07. The summed E-state index contributed by atoms with van der Waals surface area (Å²) in [6.07, 6.45) is 1.12. The zero-order valence-electron chi connectivity index (χ0n) is 14.6. The third kappa shape index (κ3) is 4.96. The van der Waals surface area contributed by atoms with Crippen molar-refractivity contribution in [3.05, 3.63) is 23.8 Å². The summed E-state index contributed by atoms with van der Waals surface area (Å²) in [5, 5.41) is 3.32. The molecule has 1 atom stereocenters. The Morgan fingerprint density at radius 2 is 2.12 bits per heavy atom. The number of rotatable bonds is 7. The van der Waals surface area contributed by atoms with Crippen molar-refractivity contribution in [2.45, 2.75) is 32.7 Å². The lowest BCUT2D eigenvalue weighted by Gasteiger charge is -2.32. The molecule has 1 saturated heterocycles. The van der Waals surface area contributed by atoms with Crippen molar-refractivity contribution in [3.8, 4) is 11.5 Å². The van der Waals surface area contributed by atoms with Gasteiger partial charge in [-0.2, -0.15) is 0 Å². The number of ether oxygens (including phenoxy) is 2. The minimum absolute atomic E-state index is 0.0179. The van der Waals surface area contributed by atoms with Crippen LogP contribution in [0, 0.1) is 0 Å². The Bertz CT molecular complexity index is 588. The monoisotopic (exact) mass is 334 g/mol. The molecule has 1 amide bonds. The van der Waals surface area contributed by atoms with Crippen LogP contribution in [0.4, 0.5) is 0 Å². The Morgan fingerprint density at radius 3 is 2.79 bits per heavy atom. The molecule has 1 heterocycles. The van der Waals surface area contributed by atoms with Crippen molar-refractivity contribution in [2.24, 2.45) is 0 Å². The molecule has 1 unspecified atom stereocenters. The second-order valence-electron chi connectivity index (χ2n) is 6.07. The summed E-state index contributed by atoms with van der Waals surface area (Å²) in [6, 6.07) is 5.47. The molecule has 0 spiro atoms. The lowest BCUT2D eigenvalue weighted by Crippen LogP contribution is -2.51. The molecule has 2 rings (SSSR count). The van der Waals surface area contributed by atoms with Gasteiger partial charge in [0.2, 0.25) is 5.91 Å². The Kier molecular flexibility index (Phi) is 6.61. The van der Waals surface area contributed by atoms with E-state index >= 15 is 0 Å². The van der Waals surface area contributed by atoms with Crippen molar-refractivity contribution in [2.75, 3.05) is 33.4 Å². The van der Waals surface area contributed by atoms with Gasteiger partial charge in [0.15, 0.2) is 17.3 Å². The highest BCUT2D eigenvalue weighted by Gasteiger charge is 2.19. The Hall–Kier alpha value is -2.08. The lowest BCUT2D eigenvalue weighted by atomic mass is 10.1. The number of nitrogens with zero attached hydrogens (tertiary/aromatic N) is 1. The number of carbonyl (C=O) groups is 2. The van der Waals surface area contributed by atoms with E-state index in [0.29, 0.717) is 42.6 Å². The van der Waals surface area contributed by atoms with E-state index in [-0.39, 0.29) is 11.7 Å². The number of carbonyl (C=O) groups excluding carboxylic acids is 2. The Balaban J connectivity index is 1.79. The molecule has 1 N–H and O–H groups in total. The first kappa shape index (κ1) is 18.3. The summed E-state index contributed by atoms with van der Waals surface area (Å²) in [5.41, 5.74) is 0.585. The molecule has 0 bridgehead atoms. The van der Waals surface area contributed by atoms with Gasteiger partial charge in [-0.15, -0.1) is 0 Å². The van der Waals surface area contributed by atoms with Gasteiger partial charge in [-0.3, -0.25) is 9.59 Å². The first-order valence-electron chi connectivity index (χ1n) is 8.34. The molecule has 0 aliphatic carbocycles. The highest BCUT2D eigenvalue weighted by molar-refractivity contribution is 5.94. The number of ketones is 1. The van der Waals surface area contributed by atoms with Crippen LogP contribution in [0.25, 0.3) is 0 Å². The number of Topliss-reactive ketones (excluding diaryl/α,β-unsaturated/α-hetero) is 1. The van der Waals surface area contributed by atoms with E-state index < -0.39 is 0 Å². The molecule has 132 valence electrons. The SMILES string of the molecule is COc1cc(C(C)=O)ccc1OCCCC(=O)N1CCNC(C)C1. The topological polar surface area (TPSA) is 67.9 Å². The highest BCUT2D eigenvalue weighted by Crippen LogP contribution is 2.28. The number of benzene rings is 1. The predicted octanol–water partition coefficient (Wildman–Crippen LogP) is 1.88. The van der Waals surface area contributed by atoms with Gasteiger partial charge in [0.25, 0.3) is 0 Å². The first-order chi connectivity index (χ1) is 11.5. The molecular formula is C18H26N2O4. The van der Waals surface area contributed by atoms with Gasteiger partial charge in [-0.25, -0.2) is 0 Å². The fourth-order valence-electron chi connectivity index (χ4n) is 2.73. The molecule has 1 aromatic rings.